The number of aromatic nitrogens is 6. The quantitative estimate of drug-likeness (QED) is 0.192. The highest BCUT2D eigenvalue weighted by atomic mass is 16.5. The van der Waals surface area contributed by atoms with Crippen molar-refractivity contribution >= 4 is 34.7 Å². The largest absolute Gasteiger partial charge is 0.497 e. The van der Waals surface area contributed by atoms with Crippen LogP contribution in [0.5, 0.6) is 23.0 Å². The predicted molar refractivity (Wildman–Crippen MR) is 186 cm³/mol. The molecule has 50 heavy (non-hydrogen) atoms. The molecule has 0 atom stereocenters. The highest BCUT2D eigenvalue weighted by Gasteiger charge is 2.25. The molecule has 1 aliphatic rings. The fraction of sp³-hybridized carbons (Fsp3) is 0.222. The van der Waals surface area contributed by atoms with E-state index in [0.29, 0.717) is 66.4 Å². The fourth-order valence-corrected chi connectivity index (χ4v) is 5.81. The van der Waals surface area contributed by atoms with E-state index in [2.05, 4.69) is 36.3 Å². The minimum atomic E-state index is -0.0964. The van der Waals surface area contributed by atoms with Crippen molar-refractivity contribution in [3.05, 3.63) is 102 Å². The first-order valence-corrected chi connectivity index (χ1v) is 15.8. The van der Waals surface area contributed by atoms with E-state index in [9.17, 15) is 10.1 Å². The van der Waals surface area contributed by atoms with E-state index >= 15 is 0 Å². The number of aryl methyl sites for hydroxylation is 1. The van der Waals surface area contributed by atoms with Crippen LogP contribution >= 0.6 is 0 Å². The van der Waals surface area contributed by atoms with Gasteiger partial charge in [0.25, 0.3) is 5.91 Å². The molecule has 4 aromatic heterocycles. The van der Waals surface area contributed by atoms with E-state index in [-0.39, 0.29) is 17.2 Å². The van der Waals surface area contributed by atoms with Crippen molar-refractivity contribution in [3.63, 3.8) is 0 Å². The third-order valence-corrected chi connectivity index (χ3v) is 8.54. The number of anilines is 3. The maximum absolute atomic E-state index is 12.6. The standard InChI is InChI=1S/C36H34N10O4/c1-43-15-16-46-29(35(43)47)18-31(42-46)40-36-41-34-33(44(36)2)28(19-37)30(20-39-34)50-27-13-14-38-32(17-27)45(21-23-5-9-25(48-3)10-6-23)22-24-7-11-26(49-4)12-8-24/h5-14,17-18,20H,15-16,21-22H2,1-4H3,(H,39,40,41,42). The Hall–Kier alpha value is -6.62. The van der Waals surface area contributed by atoms with Gasteiger partial charge in [-0.15, -0.1) is 0 Å². The molecule has 0 bridgehead atoms. The minimum Gasteiger partial charge on any atom is -0.497 e. The topological polar surface area (TPSA) is 148 Å². The summed E-state index contributed by atoms with van der Waals surface area (Å²) in [7, 11) is 6.83. The molecule has 2 aromatic carbocycles. The summed E-state index contributed by atoms with van der Waals surface area (Å²) in [5, 5.41) is 18.0. The summed E-state index contributed by atoms with van der Waals surface area (Å²) in [5.74, 6) is 3.79. The predicted octanol–water partition coefficient (Wildman–Crippen LogP) is 5.28. The number of likely N-dealkylation sites (N-methyl/N-ethyl adjacent to an activating group) is 1. The van der Waals surface area contributed by atoms with E-state index in [0.717, 1.165) is 22.6 Å². The van der Waals surface area contributed by atoms with Gasteiger partial charge in [0.2, 0.25) is 5.95 Å². The van der Waals surface area contributed by atoms with Crippen LogP contribution in [0, 0.1) is 11.3 Å². The summed E-state index contributed by atoms with van der Waals surface area (Å²) < 4.78 is 20.4. The smallest absolute Gasteiger partial charge is 0.272 e. The summed E-state index contributed by atoms with van der Waals surface area (Å²) in [6.07, 6.45) is 3.17. The number of fused-ring (bicyclic) bond motifs is 2. The highest BCUT2D eigenvalue weighted by molar-refractivity contribution is 5.94. The molecule has 0 saturated heterocycles. The molecule has 0 fully saturated rings. The third-order valence-electron chi connectivity index (χ3n) is 8.54. The van der Waals surface area contributed by atoms with Gasteiger partial charge in [-0.2, -0.15) is 15.3 Å². The Labute approximate surface area is 288 Å². The van der Waals surface area contributed by atoms with Crippen molar-refractivity contribution in [1.29, 1.82) is 5.26 Å². The monoisotopic (exact) mass is 670 g/mol. The van der Waals surface area contributed by atoms with Crippen LogP contribution in [-0.2, 0) is 26.7 Å². The van der Waals surface area contributed by atoms with Gasteiger partial charge in [0, 0.05) is 52.1 Å². The number of benzene rings is 2. The second kappa shape index (κ2) is 13.5. The Balaban J connectivity index is 1.17. The summed E-state index contributed by atoms with van der Waals surface area (Å²) in [4.78, 5) is 30.2. The number of hydrogen-bond donors (Lipinski definition) is 1. The third kappa shape index (κ3) is 6.31. The number of rotatable bonds is 11. The van der Waals surface area contributed by atoms with Gasteiger partial charge in [0.15, 0.2) is 17.2 Å². The average Bonchev–Trinajstić information content (AvgIpc) is 3.70. The number of amides is 1. The van der Waals surface area contributed by atoms with Crippen molar-refractivity contribution in [2.24, 2.45) is 7.05 Å². The van der Waals surface area contributed by atoms with Crippen molar-refractivity contribution < 1.29 is 19.0 Å². The van der Waals surface area contributed by atoms with Gasteiger partial charge in [-0.05, 0) is 41.5 Å². The molecule has 14 nitrogen and oxygen atoms in total. The van der Waals surface area contributed by atoms with Gasteiger partial charge in [-0.3, -0.25) is 9.48 Å². The number of methoxy groups -OCH3 is 2. The van der Waals surface area contributed by atoms with Crippen LogP contribution in [0.15, 0.2) is 79.1 Å². The molecule has 6 aromatic rings. The van der Waals surface area contributed by atoms with Gasteiger partial charge in [-0.1, -0.05) is 24.3 Å². The SMILES string of the molecule is COc1ccc(CN(Cc2ccc(OC)cc2)c2cc(Oc3cnc4nc(Nc5cc6n(n5)CCN(C)C6=O)n(C)c4c3C#N)ccn2)cc1. The van der Waals surface area contributed by atoms with Gasteiger partial charge < -0.3 is 33.9 Å². The Morgan fingerprint density at radius 2 is 1.58 bits per heavy atom. The first kappa shape index (κ1) is 32.0. The van der Waals surface area contributed by atoms with Crippen LogP contribution in [0.4, 0.5) is 17.6 Å². The van der Waals surface area contributed by atoms with E-state index in [4.69, 9.17) is 14.2 Å². The van der Waals surface area contributed by atoms with Crippen LogP contribution in [0.25, 0.3) is 11.2 Å². The Kier molecular flexibility index (Phi) is 8.61. The lowest BCUT2D eigenvalue weighted by Crippen LogP contribution is -2.37. The Bertz CT molecular complexity index is 2170. The van der Waals surface area contributed by atoms with Gasteiger partial charge in [0.1, 0.15) is 45.9 Å². The Morgan fingerprint density at radius 3 is 2.22 bits per heavy atom. The lowest BCUT2D eigenvalue weighted by atomic mass is 10.1. The number of ether oxygens (including phenoxy) is 3. The molecule has 252 valence electrons. The number of nitrogens with zero attached hydrogens (tertiary/aromatic N) is 9. The van der Waals surface area contributed by atoms with Gasteiger partial charge in [0.05, 0.1) is 27.0 Å². The molecule has 0 spiro atoms. The van der Waals surface area contributed by atoms with E-state index < -0.39 is 0 Å². The minimum absolute atomic E-state index is 0.0964. The first-order valence-electron chi connectivity index (χ1n) is 15.8. The number of carbonyl (C=O) groups excluding carboxylic acids is 1. The molecular weight excluding hydrogens is 636 g/mol. The molecule has 0 unspecified atom stereocenters. The van der Waals surface area contributed by atoms with Crippen LogP contribution < -0.4 is 24.4 Å². The Morgan fingerprint density at radius 1 is 0.900 bits per heavy atom. The number of carbonyl (C=O) groups is 1. The van der Waals surface area contributed by atoms with Crippen molar-refractivity contribution in [3.8, 4) is 29.1 Å². The second-order valence-corrected chi connectivity index (χ2v) is 11.8. The lowest BCUT2D eigenvalue weighted by molar-refractivity contribution is 0.0743. The maximum atomic E-state index is 12.6. The molecule has 14 heteroatoms. The first-order chi connectivity index (χ1) is 24.3. The normalized spacial score (nSPS) is 12.4. The van der Waals surface area contributed by atoms with Crippen LogP contribution in [0.1, 0.15) is 27.2 Å². The molecular formula is C36H34N10O4. The molecule has 0 aliphatic carbocycles. The molecule has 7 rings (SSSR count). The summed E-state index contributed by atoms with van der Waals surface area (Å²) in [6.45, 7) is 2.32. The summed E-state index contributed by atoms with van der Waals surface area (Å²) in [6, 6.07) is 23.4. The van der Waals surface area contributed by atoms with Crippen molar-refractivity contribution in [2.45, 2.75) is 19.6 Å². The highest BCUT2D eigenvalue weighted by Crippen LogP contribution is 2.33. The lowest BCUT2D eigenvalue weighted by Gasteiger charge is -2.25. The number of hydrogen-bond acceptors (Lipinski definition) is 11. The van der Waals surface area contributed by atoms with Crippen molar-refractivity contribution in [2.75, 3.05) is 38.0 Å². The zero-order valence-corrected chi connectivity index (χ0v) is 28.0. The fourth-order valence-electron chi connectivity index (χ4n) is 5.81. The summed E-state index contributed by atoms with van der Waals surface area (Å²) in [5.41, 5.74) is 3.76. The van der Waals surface area contributed by atoms with Gasteiger partial charge >= 0.3 is 0 Å². The van der Waals surface area contributed by atoms with Gasteiger partial charge in [-0.25, -0.2) is 9.97 Å². The second-order valence-electron chi connectivity index (χ2n) is 11.8. The zero-order chi connectivity index (χ0) is 34.8. The van der Waals surface area contributed by atoms with E-state index in [1.807, 2.05) is 54.6 Å². The number of nitrogens with one attached hydrogen (secondary N) is 1. The number of imidazole rings is 1. The molecule has 1 aliphatic heterocycles. The maximum Gasteiger partial charge on any atom is 0.272 e. The molecule has 1 amide bonds. The molecule has 0 saturated carbocycles. The van der Waals surface area contributed by atoms with Crippen LogP contribution in [0.2, 0.25) is 0 Å². The average molecular weight is 671 g/mol. The van der Waals surface area contributed by atoms with Crippen LogP contribution in [0.3, 0.4) is 0 Å². The van der Waals surface area contributed by atoms with Crippen molar-refractivity contribution in [1.82, 2.24) is 34.2 Å². The van der Waals surface area contributed by atoms with Crippen LogP contribution in [-0.4, -0.2) is 67.9 Å². The molecule has 0 radical (unpaired) electrons. The number of nitriles is 1. The van der Waals surface area contributed by atoms with E-state index in [1.165, 1.54) is 6.20 Å². The number of pyridine rings is 2. The summed E-state index contributed by atoms with van der Waals surface area (Å²) >= 11 is 0. The zero-order valence-electron chi connectivity index (χ0n) is 28.0. The van der Waals surface area contributed by atoms with E-state index in [1.54, 1.807) is 60.8 Å². The molecule has 1 N–H and O–H groups in total. The molecule has 5 heterocycles.